The van der Waals surface area contributed by atoms with Gasteiger partial charge in [-0.15, -0.1) is 0 Å². The van der Waals surface area contributed by atoms with E-state index >= 15 is 0 Å². The number of likely N-dealkylation sites (tertiary alicyclic amines) is 1. The highest BCUT2D eigenvalue weighted by Gasteiger charge is 2.27. The molecule has 1 saturated heterocycles. The molecular formula is C20H36N6O2. The molecule has 1 aromatic heterocycles. The highest BCUT2D eigenvalue weighted by Crippen LogP contribution is 2.21. The van der Waals surface area contributed by atoms with Gasteiger partial charge in [0.15, 0.2) is 5.96 Å². The first-order valence-electron chi connectivity index (χ1n) is 10.3. The highest BCUT2D eigenvalue weighted by atomic mass is 16.6. The predicted octanol–water partition coefficient (Wildman–Crippen LogP) is 2.51. The number of nitrogens with zero attached hydrogens (tertiary/aromatic N) is 4. The molecule has 2 N–H and O–H groups in total. The Morgan fingerprint density at radius 3 is 2.82 bits per heavy atom. The molecule has 8 heteroatoms. The molecule has 1 unspecified atom stereocenters. The number of aromatic nitrogens is 2. The van der Waals surface area contributed by atoms with Gasteiger partial charge in [-0.1, -0.05) is 0 Å². The van der Waals surface area contributed by atoms with E-state index in [1.54, 1.807) is 6.20 Å². The van der Waals surface area contributed by atoms with Crippen LogP contribution < -0.4 is 10.6 Å². The molecule has 0 saturated carbocycles. The van der Waals surface area contributed by atoms with Crippen LogP contribution >= 0.6 is 0 Å². The van der Waals surface area contributed by atoms with Crippen molar-refractivity contribution in [1.29, 1.82) is 0 Å². The summed E-state index contributed by atoms with van der Waals surface area (Å²) in [5, 5.41) is 10.9. The quantitative estimate of drug-likeness (QED) is 0.574. The topological polar surface area (TPSA) is 83.8 Å². The van der Waals surface area contributed by atoms with Crippen LogP contribution in [0.25, 0.3) is 0 Å². The van der Waals surface area contributed by atoms with Gasteiger partial charge in [-0.2, -0.15) is 5.10 Å². The van der Waals surface area contributed by atoms with Crippen molar-refractivity contribution < 1.29 is 9.53 Å². The Kier molecular flexibility index (Phi) is 8.14. The molecule has 0 radical (unpaired) electrons. The maximum absolute atomic E-state index is 12.3. The zero-order valence-corrected chi connectivity index (χ0v) is 18.0. The Hall–Kier alpha value is -2.25. The van der Waals surface area contributed by atoms with Gasteiger partial charge in [0, 0.05) is 39.4 Å². The van der Waals surface area contributed by atoms with Gasteiger partial charge in [0.1, 0.15) is 5.60 Å². The van der Waals surface area contributed by atoms with Crippen molar-refractivity contribution in [2.24, 2.45) is 18.0 Å². The van der Waals surface area contributed by atoms with Crippen LogP contribution in [0, 0.1) is 5.92 Å². The van der Waals surface area contributed by atoms with Crippen LogP contribution in [0.3, 0.4) is 0 Å². The number of nitrogens with one attached hydrogen (secondary N) is 2. The Morgan fingerprint density at radius 2 is 2.18 bits per heavy atom. The molecule has 1 aliphatic rings. The maximum Gasteiger partial charge on any atom is 0.410 e. The number of hydrogen-bond donors (Lipinski definition) is 2. The number of ether oxygens (including phenoxy) is 1. The highest BCUT2D eigenvalue weighted by molar-refractivity contribution is 5.79. The average Bonchev–Trinajstić information content (AvgIpc) is 3.03. The summed E-state index contributed by atoms with van der Waals surface area (Å²) in [6, 6.07) is 1.97. The minimum absolute atomic E-state index is 0.198. The smallest absolute Gasteiger partial charge is 0.410 e. The van der Waals surface area contributed by atoms with Gasteiger partial charge >= 0.3 is 6.09 Å². The van der Waals surface area contributed by atoms with Crippen molar-refractivity contribution in [3.63, 3.8) is 0 Å². The first-order valence-corrected chi connectivity index (χ1v) is 10.3. The van der Waals surface area contributed by atoms with Crippen LogP contribution in [0.2, 0.25) is 0 Å². The van der Waals surface area contributed by atoms with Crippen LogP contribution in [0.5, 0.6) is 0 Å². The van der Waals surface area contributed by atoms with Gasteiger partial charge in [-0.05, 0) is 58.9 Å². The molecule has 1 aliphatic heterocycles. The van der Waals surface area contributed by atoms with Gasteiger partial charge in [0.2, 0.25) is 0 Å². The number of rotatable bonds is 6. The zero-order chi connectivity index (χ0) is 20.6. The normalized spacial score (nSPS) is 18.1. The van der Waals surface area contributed by atoms with E-state index < -0.39 is 5.60 Å². The fourth-order valence-corrected chi connectivity index (χ4v) is 3.25. The summed E-state index contributed by atoms with van der Waals surface area (Å²) in [6.07, 6.45) is 4.75. The number of guanidine groups is 1. The van der Waals surface area contributed by atoms with Gasteiger partial charge in [-0.25, -0.2) is 9.79 Å². The van der Waals surface area contributed by atoms with E-state index in [4.69, 9.17) is 4.74 Å². The molecule has 28 heavy (non-hydrogen) atoms. The van der Waals surface area contributed by atoms with Crippen LogP contribution in [0.1, 0.15) is 52.7 Å². The third kappa shape index (κ3) is 7.40. The maximum atomic E-state index is 12.3. The first-order chi connectivity index (χ1) is 13.3. The molecule has 0 aliphatic carbocycles. The lowest BCUT2D eigenvalue weighted by Gasteiger charge is -2.34. The number of piperidine rings is 1. The van der Waals surface area contributed by atoms with Gasteiger partial charge in [0.25, 0.3) is 0 Å². The molecular weight excluding hydrogens is 356 g/mol. The van der Waals surface area contributed by atoms with E-state index in [0.29, 0.717) is 12.5 Å². The summed E-state index contributed by atoms with van der Waals surface area (Å²) < 4.78 is 7.35. The lowest BCUT2D eigenvalue weighted by molar-refractivity contribution is 0.0162. The third-order valence-electron chi connectivity index (χ3n) is 4.68. The van der Waals surface area contributed by atoms with Crippen molar-refractivity contribution in [2.45, 2.75) is 59.1 Å². The first kappa shape index (κ1) is 22.0. The second-order valence-electron chi connectivity index (χ2n) is 8.29. The van der Waals surface area contributed by atoms with E-state index in [1.165, 1.54) is 0 Å². The van der Waals surface area contributed by atoms with Crippen LogP contribution in [-0.4, -0.2) is 58.5 Å². The lowest BCUT2D eigenvalue weighted by Crippen LogP contribution is -2.44. The zero-order valence-electron chi connectivity index (χ0n) is 18.0. The molecule has 2 heterocycles. The van der Waals surface area contributed by atoms with Crippen molar-refractivity contribution in [3.05, 3.63) is 18.0 Å². The second-order valence-corrected chi connectivity index (χ2v) is 8.29. The average molecular weight is 393 g/mol. The molecule has 1 atom stereocenters. The number of aryl methyl sites for hydroxylation is 1. The summed E-state index contributed by atoms with van der Waals surface area (Å²) in [6.45, 7) is 11.5. The number of aliphatic imine (C=N–C) groups is 1. The standard InChI is InChI=1S/C20H36N6O2/c1-6-21-18(23-14-17-10-12-24-25(17)5)22-11-9-16-8-7-13-26(15-16)19(27)28-20(2,3)4/h10,12,16H,6-9,11,13-15H2,1-5H3,(H2,21,22,23). The number of carbonyl (C=O) groups excluding carboxylic acids is 1. The van der Waals surface area contributed by atoms with E-state index in [0.717, 1.165) is 57.1 Å². The number of carbonyl (C=O) groups is 1. The monoisotopic (exact) mass is 392 g/mol. The van der Waals surface area contributed by atoms with Crippen molar-refractivity contribution in [3.8, 4) is 0 Å². The lowest BCUT2D eigenvalue weighted by atomic mass is 9.95. The van der Waals surface area contributed by atoms with E-state index in [-0.39, 0.29) is 6.09 Å². The molecule has 0 aromatic carbocycles. The van der Waals surface area contributed by atoms with Crippen molar-refractivity contribution in [1.82, 2.24) is 25.3 Å². The predicted molar refractivity (Wildman–Crippen MR) is 111 cm³/mol. The van der Waals surface area contributed by atoms with E-state index in [9.17, 15) is 4.79 Å². The minimum atomic E-state index is -0.448. The van der Waals surface area contributed by atoms with Gasteiger partial charge in [0.05, 0.1) is 12.2 Å². The Balaban J connectivity index is 1.79. The molecule has 2 rings (SSSR count). The third-order valence-corrected chi connectivity index (χ3v) is 4.68. The molecule has 0 bridgehead atoms. The molecule has 1 amide bonds. The Morgan fingerprint density at radius 1 is 1.39 bits per heavy atom. The Labute approximate surface area is 168 Å². The molecule has 0 spiro atoms. The summed E-state index contributed by atoms with van der Waals surface area (Å²) in [4.78, 5) is 18.8. The van der Waals surface area contributed by atoms with E-state index in [2.05, 4.69) is 27.6 Å². The number of hydrogen-bond acceptors (Lipinski definition) is 4. The van der Waals surface area contributed by atoms with Crippen LogP contribution in [0.4, 0.5) is 4.79 Å². The molecule has 8 nitrogen and oxygen atoms in total. The summed E-state index contributed by atoms with van der Waals surface area (Å²) in [5.74, 6) is 1.29. The minimum Gasteiger partial charge on any atom is -0.444 e. The van der Waals surface area contributed by atoms with Crippen LogP contribution in [-0.2, 0) is 18.3 Å². The van der Waals surface area contributed by atoms with Gasteiger partial charge < -0.3 is 20.3 Å². The number of amides is 1. The SMILES string of the molecule is CCNC(=NCc1ccnn1C)NCCC1CCCN(C(=O)OC(C)(C)C)C1. The van der Waals surface area contributed by atoms with Crippen molar-refractivity contribution in [2.75, 3.05) is 26.2 Å². The summed E-state index contributed by atoms with van der Waals surface area (Å²) in [5.41, 5.74) is 0.619. The second kappa shape index (κ2) is 10.3. The van der Waals surface area contributed by atoms with Crippen LogP contribution in [0.15, 0.2) is 17.3 Å². The fourth-order valence-electron chi connectivity index (χ4n) is 3.25. The Bertz CT molecular complexity index is 649. The molecule has 1 aromatic rings. The molecule has 158 valence electrons. The fraction of sp³-hybridized carbons (Fsp3) is 0.750. The largest absolute Gasteiger partial charge is 0.444 e. The van der Waals surface area contributed by atoms with Crippen molar-refractivity contribution >= 4 is 12.1 Å². The summed E-state index contributed by atoms with van der Waals surface area (Å²) >= 11 is 0. The van der Waals surface area contributed by atoms with E-state index in [1.807, 2.05) is 43.5 Å². The summed E-state index contributed by atoms with van der Waals surface area (Å²) in [7, 11) is 1.92. The molecule has 1 fully saturated rings. The van der Waals surface area contributed by atoms with Gasteiger partial charge in [-0.3, -0.25) is 4.68 Å².